The first-order valence-corrected chi connectivity index (χ1v) is 25.7. The van der Waals surface area contributed by atoms with Crippen LogP contribution in [-0.4, -0.2) is 0 Å². The van der Waals surface area contributed by atoms with Crippen molar-refractivity contribution in [2.45, 2.75) is 19.3 Å². The summed E-state index contributed by atoms with van der Waals surface area (Å²) in [5.41, 5.74) is 12.8. The van der Waals surface area contributed by atoms with E-state index in [9.17, 15) is 0 Å². The highest BCUT2D eigenvalue weighted by Gasteiger charge is 2.36. The summed E-state index contributed by atoms with van der Waals surface area (Å²) in [6, 6.07) is 87.8. The van der Waals surface area contributed by atoms with Gasteiger partial charge in [-0.25, -0.2) is 0 Å². The van der Waals surface area contributed by atoms with Gasteiger partial charge in [-0.3, -0.25) is 0 Å². The summed E-state index contributed by atoms with van der Waals surface area (Å²) in [5, 5.41) is 14.8. The molecule has 15 rings (SSSR count). The number of hydrogen-bond donors (Lipinski definition) is 0. The molecular weight excluding hydrogens is 891 g/mol. The summed E-state index contributed by atoms with van der Waals surface area (Å²) in [5.74, 6) is 1.70. The Bertz CT molecular complexity index is 4540. The monoisotopic (exact) mass is 935 g/mol. The van der Waals surface area contributed by atoms with Crippen molar-refractivity contribution in [2.75, 3.05) is 4.90 Å². The van der Waals surface area contributed by atoms with Gasteiger partial charge in [0, 0.05) is 59.2 Å². The fraction of sp³-hybridized carbons (Fsp3) is 0.0435. The summed E-state index contributed by atoms with van der Waals surface area (Å²) in [6.07, 6.45) is 0. The smallest absolute Gasteiger partial charge is 0.135 e. The molecule has 0 spiro atoms. The Morgan fingerprint density at radius 2 is 0.778 bits per heavy atom. The van der Waals surface area contributed by atoms with E-state index in [1.807, 2.05) is 11.3 Å². The van der Waals surface area contributed by atoms with Crippen molar-refractivity contribution in [3.05, 3.63) is 248 Å². The molecule has 0 radical (unpaired) electrons. The van der Waals surface area contributed by atoms with Gasteiger partial charge in [-0.05, 0) is 136 Å². The molecule has 0 bridgehead atoms. The second-order valence-corrected chi connectivity index (χ2v) is 20.9. The minimum atomic E-state index is -0.190. The normalized spacial score (nSPS) is 13.1. The summed E-state index contributed by atoms with van der Waals surface area (Å²) in [4.78, 5) is 2.48. The largest absolute Gasteiger partial charge is 0.456 e. The molecule has 1 aliphatic heterocycles. The van der Waals surface area contributed by atoms with E-state index < -0.39 is 0 Å². The lowest BCUT2D eigenvalue weighted by Gasteiger charge is -2.29. The van der Waals surface area contributed by atoms with E-state index in [0.29, 0.717) is 0 Å². The van der Waals surface area contributed by atoms with Gasteiger partial charge in [-0.2, -0.15) is 0 Å². The third-order valence-electron chi connectivity index (χ3n) is 15.7. The highest BCUT2D eigenvalue weighted by Crippen LogP contribution is 2.53. The number of nitrogens with zero attached hydrogens (tertiary/aromatic N) is 1. The van der Waals surface area contributed by atoms with E-state index in [1.54, 1.807) is 0 Å². The number of thiophene rings is 1. The lowest BCUT2D eigenvalue weighted by atomic mass is 9.82. The minimum absolute atomic E-state index is 0.190. The van der Waals surface area contributed by atoms with Crippen molar-refractivity contribution in [1.82, 2.24) is 0 Å². The number of fused-ring (bicyclic) bond motifs is 22. The zero-order valence-corrected chi connectivity index (χ0v) is 40.6. The Labute approximate surface area is 421 Å². The first-order chi connectivity index (χ1) is 35.5. The van der Waals surface area contributed by atoms with Crippen LogP contribution >= 0.6 is 11.3 Å². The number of para-hydroxylation sites is 1. The van der Waals surface area contributed by atoms with Gasteiger partial charge in [0.15, 0.2) is 0 Å². The Hall–Kier alpha value is -8.76. The molecule has 0 fully saturated rings. The summed E-state index contributed by atoms with van der Waals surface area (Å²) < 4.78 is 9.43. The maximum atomic E-state index is 6.84. The van der Waals surface area contributed by atoms with Crippen LogP contribution in [0.15, 0.2) is 237 Å². The van der Waals surface area contributed by atoms with Gasteiger partial charge in [0.2, 0.25) is 0 Å². The highest BCUT2D eigenvalue weighted by molar-refractivity contribution is 7.26. The van der Waals surface area contributed by atoms with Crippen LogP contribution in [0.1, 0.15) is 25.0 Å². The molecule has 0 saturated carbocycles. The van der Waals surface area contributed by atoms with Crippen molar-refractivity contribution < 1.29 is 4.74 Å². The quantitative estimate of drug-likeness (QED) is 0.175. The molecule has 1 aliphatic carbocycles. The molecular formula is C69H45NOS. The third-order valence-corrected chi connectivity index (χ3v) is 16.9. The summed E-state index contributed by atoms with van der Waals surface area (Å²) in [6.45, 7) is 4.74. The standard InChI is InChI=1S/C69H45NOS/c1-69(2)62-28-14-11-24-53(62)54-35-32-44(41-63(54)69)70(43-33-38-65-61(40-43)51-23-8-7-21-49(51)55-25-12-15-29-64(55)71-65)42-31-34-52-48-20-6-4-18-46(48)45-17-3-5-19-47(45)50-22-9-10-27-57(50)67-58(60(52)39-42)36-37-59-56-26-13-16-30-66(56)72-68(59)67/h3-41H,1-2H3. The van der Waals surface area contributed by atoms with Crippen molar-refractivity contribution in [3.63, 3.8) is 0 Å². The Morgan fingerprint density at radius 3 is 1.51 bits per heavy atom. The number of hydrogen-bond acceptors (Lipinski definition) is 3. The number of ether oxygens (including phenoxy) is 1. The lowest BCUT2D eigenvalue weighted by Crippen LogP contribution is -2.16. The molecule has 13 aromatic rings. The van der Waals surface area contributed by atoms with E-state index in [2.05, 4.69) is 255 Å². The lowest BCUT2D eigenvalue weighted by molar-refractivity contribution is 0.488. The zero-order valence-electron chi connectivity index (χ0n) is 39.8. The van der Waals surface area contributed by atoms with Crippen LogP contribution < -0.4 is 9.64 Å². The van der Waals surface area contributed by atoms with E-state index in [4.69, 9.17) is 4.74 Å². The first kappa shape index (κ1) is 41.1. The van der Waals surface area contributed by atoms with Crippen LogP contribution in [0, 0.1) is 0 Å². The predicted octanol–water partition coefficient (Wildman–Crippen LogP) is 20.2. The number of anilines is 3. The van der Waals surface area contributed by atoms with Crippen molar-refractivity contribution >= 4 is 102 Å². The van der Waals surface area contributed by atoms with Gasteiger partial charge in [0.25, 0.3) is 0 Å². The summed E-state index contributed by atoms with van der Waals surface area (Å²) in [7, 11) is 0. The van der Waals surface area contributed by atoms with Gasteiger partial charge in [0.1, 0.15) is 11.5 Å². The van der Waals surface area contributed by atoms with Gasteiger partial charge in [-0.15, -0.1) is 11.3 Å². The van der Waals surface area contributed by atoms with Gasteiger partial charge in [-0.1, -0.05) is 196 Å². The first-order valence-electron chi connectivity index (χ1n) is 24.9. The molecule has 2 nitrogen and oxygen atoms in total. The SMILES string of the molecule is CC1(C)c2ccccc2-c2ccc(N(c3ccc4c(c3)-c3ccccc3-c3ccccc3O4)c3ccc4c5ccccc5c5ccccc5c5ccccc5c5c(ccc6c7ccccc7sc65)c4c3)cc21. The number of benzene rings is 11. The molecule has 338 valence electrons. The Kier molecular flexibility index (Phi) is 8.91. The molecule has 3 heteroatoms. The van der Waals surface area contributed by atoms with E-state index in [1.165, 1.54) is 96.3 Å². The second kappa shape index (κ2) is 15.6. The molecule has 12 aromatic carbocycles. The molecule has 0 unspecified atom stereocenters. The molecule has 0 amide bonds. The molecule has 2 heterocycles. The highest BCUT2D eigenvalue weighted by atomic mass is 32.1. The van der Waals surface area contributed by atoms with Crippen LogP contribution in [-0.2, 0) is 5.41 Å². The fourth-order valence-electron chi connectivity index (χ4n) is 12.3. The van der Waals surface area contributed by atoms with E-state index in [-0.39, 0.29) is 5.41 Å². The topological polar surface area (TPSA) is 12.5 Å². The molecule has 72 heavy (non-hydrogen) atoms. The second-order valence-electron chi connectivity index (χ2n) is 19.9. The number of rotatable bonds is 3. The van der Waals surface area contributed by atoms with Crippen LogP contribution in [0.2, 0.25) is 0 Å². The van der Waals surface area contributed by atoms with E-state index >= 15 is 0 Å². The van der Waals surface area contributed by atoms with E-state index in [0.717, 1.165) is 50.8 Å². The van der Waals surface area contributed by atoms with Crippen LogP contribution in [0.4, 0.5) is 17.1 Å². The summed E-state index contributed by atoms with van der Waals surface area (Å²) >= 11 is 1.90. The molecule has 0 N–H and O–H groups in total. The molecule has 0 saturated heterocycles. The fourth-order valence-corrected chi connectivity index (χ4v) is 13.6. The van der Waals surface area contributed by atoms with Crippen LogP contribution in [0.5, 0.6) is 11.5 Å². The zero-order chi connectivity index (χ0) is 47.7. The third kappa shape index (κ3) is 6.01. The van der Waals surface area contributed by atoms with Crippen LogP contribution in [0.3, 0.4) is 0 Å². The van der Waals surface area contributed by atoms with Gasteiger partial charge < -0.3 is 9.64 Å². The van der Waals surface area contributed by atoms with Gasteiger partial charge >= 0.3 is 0 Å². The van der Waals surface area contributed by atoms with Crippen LogP contribution in [0.25, 0.3) is 107 Å². The molecule has 2 aliphatic rings. The Morgan fingerprint density at radius 1 is 0.319 bits per heavy atom. The van der Waals surface area contributed by atoms with Crippen molar-refractivity contribution in [3.8, 4) is 44.9 Å². The average Bonchev–Trinajstić information content (AvgIpc) is 3.87. The molecule has 1 aromatic heterocycles. The van der Waals surface area contributed by atoms with Crippen molar-refractivity contribution in [1.29, 1.82) is 0 Å². The minimum Gasteiger partial charge on any atom is -0.456 e. The Balaban J connectivity index is 1.09. The molecule has 0 atom stereocenters. The maximum Gasteiger partial charge on any atom is 0.135 e. The van der Waals surface area contributed by atoms with Crippen molar-refractivity contribution in [2.24, 2.45) is 0 Å². The maximum absolute atomic E-state index is 6.84. The average molecular weight is 936 g/mol. The predicted molar refractivity (Wildman–Crippen MR) is 308 cm³/mol. The van der Waals surface area contributed by atoms with Gasteiger partial charge in [0.05, 0.1) is 0 Å².